The van der Waals surface area contributed by atoms with Gasteiger partial charge in [-0.15, -0.1) is 23.4 Å². The van der Waals surface area contributed by atoms with Crippen molar-refractivity contribution in [3.8, 4) is 11.5 Å². The number of benzene rings is 1. The number of fused-ring (bicyclic) bond motifs is 1. The third kappa shape index (κ3) is 4.06. The predicted molar refractivity (Wildman–Crippen MR) is 132 cm³/mol. The maximum Gasteiger partial charge on any atom is 0.332 e. The summed E-state index contributed by atoms with van der Waals surface area (Å²) < 4.78 is 9.86. The number of hydrogen-bond donors (Lipinski definition) is 0. The molecule has 12 heteroatoms. The number of hydrogen-bond acceptors (Lipinski definition) is 7. The van der Waals surface area contributed by atoms with Crippen molar-refractivity contribution >= 4 is 40.3 Å². The number of imidazole rings is 1. The van der Waals surface area contributed by atoms with E-state index in [1.54, 1.807) is 42.0 Å². The third-order valence-corrected chi connectivity index (χ3v) is 5.98. The van der Waals surface area contributed by atoms with Gasteiger partial charge in [-0.05, 0) is 18.2 Å². The van der Waals surface area contributed by atoms with Gasteiger partial charge in [0, 0.05) is 32.7 Å². The van der Waals surface area contributed by atoms with Gasteiger partial charge in [-0.3, -0.25) is 18.5 Å². The van der Waals surface area contributed by atoms with E-state index in [1.807, 2.05) is 4.90 Å². The number of rotatable bonds is 8. The maximum atomic E-state index is 13.1. The number of nitrogens with zero attached hydrogens (tertiary/aromatic N) is 7. The first-order valence-electron chi connectivity index (χ1n) is 10.2. The summed E-state index contributed by atoms with van der Waals surface area (Å²) in [4.78, 5) is 32.1. The Hall–Kier alpha value is -3.63. The third-order valence-electron chi connectivity index (χ3n) is 5.24. The maximum absolute atomic E-state index is 13.1. The summed E-state index contributed by atoms with van der Waals surface area (Å²) >= 11 is 12.1. The molecule has 10 nitrogen and oxygen atoms in total. The first-order valence-corrected chi connectivity index (χ1v) is 10.9. The molecule has 3 heterocycles. The fourth-order valence-electron chi connectivity index (χ4n) is 3.57. The lowest BCUT2D eigenvalue weighted by atomic mass is 10.2. The molecule has 0 bridgehead atoms. The van der Waals surface area contributed by atoms with E-state index in [0.29, 0.717) is 34.6 Å². The molecule has 1 aromatic carbocycles. The van der Waals surface area contributed by atoms with Gasteiger partial charge in [-0.2, -0.15) is 4.98 Å². The zero-order chi connectivity index (χ0) is 24.6. The summed E-state index contributed by atoms with van der Waals surface area (Å²) in [5.74, 6) is 0.908. The molecule has 34 heavy (non-hydrogen) atoms. The van der Waals surface area contributed by atoms with E-state index >= 15 is 0 Å². The second-order valence-electron chi connectivity index (χ2n) is 7.49. The van der Waals surface area contributed by atoms with Crippen LogP contribution in [-0.4, -0.2) is 42.0 Å². The average molecular weight is 502 g/mol. The van der Waals surface area contributed by atoms with Crippen LogP contribution in [0.15, 0.2) is 57.5 Å². The van der Waals surface area contributed by atoms with E-state index in [1.165, 1.54) is 11.6 Å². The second kappa shape index (κ2) is 9.32. The van der Waals surface area contributed by atoms with Crippen molar-refractivity contribution in [2.75, 3.05) is 18.0 Å². The highest BCUT2D eigenvalue weighted by Crippen LogP contribution is 2.28. The molecule has 0 saturated carbocycles. The second-order valence-corrected chi connectivity index (χ2v) is 8.30. The molecule has 0 amide bonds. The molecule has 0 N–H and O–H groups in total. The monoisotopic (exact) mass is 501 g/mol. The van der Waals surface area contributed by atoms with Crippen LogP contribution in [0.5, 0.6) is 0 Å². The quantitative estimate of drug-likeness (QED) is 0.341. The molecule has 0 radical (unpaired) electrons. The highest BCUT2D eigenvalue weighted by Gasteiger charge is 2.24. The standard InChI is InChI=1S/C22H21Cl2N7O3/c1-5-9-30(10-6-2)21-25-18-17(20(32)29(4)22(33)28(18)3)31(21)12-16-26-27-19(34-16)13-7-8-14(23)15(24)11-13/h5-8,11H,1-2,9-10,12H2,3-4H3. The van der Waals surface area contributed by atoms with Crippen LogP contribution in [0.3, 0.4) is 0 Å². The van der Waals surface area contributed by atoms with Crippen molar-refractivity contribution in [1.29, 1.82) is 0 Å². The van der Waals surface area contributed by atoms with Crippen LogP contribution in [0.1, 0.15) is 5.89 Å². The smallest absolute Gasteiger partial charge is 0.332 e. The van der Waals surface area contributed by atoms with Crippen molar-refractivity contribution in [2.45, 2.75) is 6.54 Å². The van der Waals surface area contributed by atoms with E-state index in [-0.39, 0.29) is 29.5 Å². The van der Waals surface area contributed by atoms with Gasteiger partial charge in [-0.25, -0.2) is 4.79 Å². The summed E-state index contributed by atoms with van der Waals surface area (Å²) in [6.45, 7) is 8.49. The molecule has 4 aromatic rings. The highest BCUT2D eigenvalue weighted by molar-refractivity contribution is 6.42. The van der Waals surface area contributed by atoms with Gasteiger partial charge in [0.15, 0.2) is 11.2 Å². The van der Waals surface area contributed by atoms with E-state index in [9.17, 15) is 9.59 Å². The average Bonchev–Trinajstić information content (AvgIpc) is 3.43. The van der Waals surface area contributed by atoms with Crippen molar-refractivity contribution in [2.24, 2.45) is 14.1 Å². The van der Waals surface area contributed by atoms with E-state index in [0.717, 1.165) is 4.57 Å². The van der Waals surface area contributed by atoms with Crippen LogP contribution in [0.2, 0.25) is 10.0 Å². The summed E-state index contributed by atoms with van der Waals surface area (Å²) in [6, 6.07) is 4.98. The summed E-state index contributed by atoms with van der Waals surface area (Å²) in [5, 5.41) is 9.00. The van der Waals surface area contributed by atoms with E-state index in [2.05, 4.69) is 28.3 Å². The molecular weight excluding hydrogens is 481 g/mol. The molecule has 0 atom stereocenters. The number of aromatic nitrogens is 6. The minimum Gasteiger partial charge on any atom is -0.419 e. The lowest BCUT2D eigenvalue weighted by Gasteiger charge is -2.21. The van der Waals surface area contributed by atoms with Gasteiger partial charge in [-0.1, -0.05) is 35.4 Å². The zero-order valence-electron chi connectivity index (χ0n) is 18.5. The molecular formula is C22H21Cl2N7O3. The van der Waals surface area contributed by atoms with Crippen LogP contribution >= 0.6 is 23.2 Å². The Bertz CT molecular complexity index is 1520. The summed E-state index contributed by atoms with van der Waals surface area (Å²) in [7, 11) is 2.98. The zero-order valence-corrected chi connectivity index (χ0v) is 20.0. The number of anilines is 1. The number of aryl methyl sites for hydroxylation is 1. The van der Waals surface area contributed by atoms with Crippen molar-refractivity contribution in [1.82, 2.24) is 28.9 Å². The van der Waals surface area contributed by atoms with Crippen LogP contribution in [0.4, 0.5) is 5.95 Å². The minimum atomic E-state index is -0.488. The number of halogens is 2. The Labute approximate surface area is 204 Å². The summed E-state index contributed by atoms with van der Waals surface area (Å²) in [6.07, 6.45) is 3.42. The van der Waals surface area contributed by atoms with Gasteiger partial charge >= 0.3 is 5.69 Å². The lowest BCUT2D eigenvalue weighted by Crippen LogP contribution is -2.37. The molecule has 176 valence electrons. The molecule has 0 saturated heterocycles. The van der Waals surface area contributed by atoms with Crippen LogP contribution < -0.4 is 16.1 Å². The van der Waals surface area contributed by atoms with Gasteiger partial charge in [0.2, 0.25) is 17.7 Å². The molecule has 0 fully saturated rings. The van der Waals surface area contributed by atoms with Crippen molar-refractivity contribution < 1.29 is 4.42 Å². The first-order chi connectivity index (χ1) is 16.3. The van der Waals surface area contributed by atoms with Crippen LogP contribution in [0, 0.1) is 0 Å². The summed E-state index contributed by atoms with van der Waals surface area (Å²) in [5.41, 5.74) is 0.102. The van der Waals surface area contributed by atoms with Gasteiger partial charge in [0.25, 0.3) is 5.56 Å². The molecule has 0 aliphatic heterocycles. The molecule has 0 aliphatic carbocycles. The Kier molecular flexibility index (Phi) is 6.45. The largest absolute Gasteiger partial charge is 0.419 e. The topological polar surface area (TPSA) is 104 Å². The highest BCUT2D eigenvalue weighted by atomic mass is 35.5. The Morgan fingerprint density at radius 1 is 1.06 bits per heavy atom. The van der Waals surface area contributed by atoms with Crippen LogP contribution in [-0.2, 0) is 20.6 Å². The SMILES string of the molecule is C=CCN(CC=C)c1nc2c(c(=O)n(C)c(=O)n2C)n1Cc1nnc(-c2ccc(Cl)c(Cl)c2)o1. The fourth-order valence-corrected chi connectivity index (χ4v) is 3.87. The molecule has 0 aliphatic rings. The Morgan fingerprint density at radius 2 is 1.76 bits per heavy atom. The predicted octanol–water partition coefficient (Wildman–Crippen LogP) is 3.02. The Morgan fingerprint density at radius 3 is 2.41 bits per heavy atom. The van der Waals surface area contributed by atoms with Gasteiger partial charge in [0.05, 0.1) is 10.0 Å². The normalized spacial score (nSPS) is 11.2. The van der Waals surface area contributed by atoms with E-state index in [4.69, 9.17) is 27.6 Å². The van der Waals surface area contributed by atoms with Crippen molar-refractivity contribution in [3.05, 3.63) is 80.3 Å². The first kappa shape index (κ1) is 23.5. The minimum absolute atomic E-state index is 0.0401. The molecule has 3 aromatic heterocycles. The molecule has 4 rings (SSSR count). The van der Waals surface area contributed by atoms with Crippen LogP contribution in [0.25, 0.3) is 22.6 Å². The Balaban J connectivity index is 1.88. The van der Waals surface area contributed by atoms with E-state index < -0.39 is 11.2 Å². The molecule has 0 unspecified atom stereocenters. The van der Waals surface area contributed by atoms with Crippen molar-refractivity contribution in [3.63, 3.8) is 0 Å². The molecule has 0 spiro atoms. The lowest BCUT2D eigenvalue weighted by molar-refractivity contribution is 0.490. The van der Waals surface area contributed by atoms with Gasteiger partial charge < -0.3 is 9.32 Å². The fraction of sp³-hybridized carbons (Fsp3) is 0.227. The van der Waals surface area contributed by atoms with Gasteiger partial charge in [0.1, 0.15) is 6.54 Å².